The number of imidazole rings is 1. The van der Waals surface area contributed by atoms with Gasteiger partial charge in [-0.2, -0.15) is 4.68 Å². The van der Waals surface area contributed by atoms with Crippen molar-refractivity contribution in [1.29, 1.82) is 0 Å². The first-order valence-electron chi connectivity index (χ1n) is 13.2. The van der Waals surface area contributed by atoms with Crippen LogP contribution in [0.5, 0.6) is 0 Å². The van der Waals surface area contributed by atoms with E-state index >= 15 is 0 Å². The van der Waals surface area contributed by atoms with Gasteiger partial charge in [0.2, 0.25) is 5.91 Å². The molecule has 3 N–H and O–H groups in total. The van der Waals surface area contributed by atoms with Crippen LogP contribution in [0, 0.1) is 0 Å². The van der Waals surface area contributed by atoms with E-state index in [1.807, 2.05) is 24.3 Å². The summed E-state index contributed by atoms with van der Waals surface area (Å²) in [4.78, 5) is 42.8. The van der Waals surface area contributed by atoms with Crippen molar-refractivity contribution in [2.75, 3.05) is 19.0 Å². The molecule has 1 atom stereocenters. The normalized spacial score (nSPS) is 15.2. The average molecular weight is 605 g/mol. The zero-order valence-corrected chi connectivity index (χ0v) is 24.1. The van der Waals surface area contributed by atoms with Crippen LogP contribution in [0.2, 0.25) is 5.02 Å². The number of carbonyl (C=O) groups is 3. The molecule has 0 fully saturated rings. The van der Waals surface area contributed by atoms with Crippen LogP contribution in [-0.2, 0) is 19.1 Å². The Hall–Kier alpha value is -5.30. The fourth-order valence-corrected chi connectivity index (χ4v) is 4.14. The van der Waals surface area contributed by atoms with Gasteiger partial charge in [0.15, 0.2) is 0 Å². The molecule has 3 heterocycles. The lowest BCUT2D eigenvalue weighted by atomic mass is 10.1. The number of anilines is 1. The minimum atomic E-state index is -0.562. The van der Waals surface area contributed by atoms with Crippen molar-refractivity contribution in [2.24, 2.45) is 0 Å². The van der Waals surface area contributed by atoms with E-state index in [4.69, 9.17) is 16.3 Å². The van der Waals surface area contributed by atoms with Crippen molar-refractivity contribution in [3.8, 4) is 16.9 Å². The number of esters is 1. The van der Waals surface area contributed by atoms with Gasteiger partial charge in [-0.25, -0.2) is 9.78 Å². The number of aromatic amines is 1. The summed E-state index contributed by atoms with van der Waals surface area (Å²) in [6.07, 6.45) is 10.0. The molecule has 1 aliphatic rings. The van der Waals surface area contributed by atoms with Gasteiger partial charge in [-0.1, -0.05) is 48.9 Å². The second-order valence-electron chi connectivity index (χ2n) is 8.94. The van der Waals surface area contributed by atoms with Gasteiger partial charge in [-0.3, -0.25) is 14.9 Å². The number of nitrogens with zero attached hydrogens (tertiary/aromatic N) is 5. The van der Waals surface area contributed by atoms with E-state index in [0.717, 1.165) is 5.56 Å². The topological polar surface area (TPSA) is 166 Å². The van der Waals surface area contributed by atoms with Crippen LogP contribution >= 0.6 is 11.6 Å². The Morgan fingerprint density at radius 3 is 2.81 bits per heavy atom. The van der Waals surface area contributed by atoms with E-state index in [-0.39, 0.29) is 18.5 Å². The van der Waals surface area contributed by atoms with Crippen LogP contribution in [0.25, 0.3) is 23.0 Å². The van der Waals surface area contributed by atoms with Gasteiger partial charge in [0.1, 0.15) is 18.8 Å². The fraction of sp³-hybridized carbons (Fsp3) is 0.207. The van der Waals surface area contributed by atoms with Gasteiger partial charge in [-0.15, -0.1) is 5.10 Å². The number of tetrazole rings is 1. The number of rotatable bonds is 5. The molecule has 0 aliphatic carbocycles. The first kappa shape index (κ1) is 30.7. The SMILES string of the molecule is CCC(=O)OC.O=C(/C=C/c1cc(Cl)ccc1-n1cnnn1)N[C@H]1C/C=C/COC(=O)Nc2ccccc2-c2cnc1[nH]2. The largest absolute Gasteiger partial charge is 0.469 e. The second-order valence-corrected chi connectivity index (χ2v) is 9.38. The number of benzene rings is 2. The highest BCUT2D eigenvalue weighted by atomic mass is 35.5. The fourth-order valence-electron chi connectivity index (χ4n) is 3.96. The van der Waals surface area contributed by atoms with Crippen molar-refractivity contribution < 1.29 is 23.9 Å². The van der Waals surface area contributed by atoms with E-state index in [2.05, 4.69) is 40.9 Å². The highest BCUT2D eigenvalue weighted by molar-refractivity contribution is 6.30. The molecular weight excluding hydrogens is 576 g/mol. The van der Waals surface area contributed by atoms with Gasteiger partial charge in [-0.05, 0) is 47.2 Å². The Bertz CT molecular complexity index is 1610. The molecule has 0 unspecified atom stereocenters. The van der Waals surface area contributed by atoms with Crippen molar-refractivity contribution >= 4 is 41.3 Å². The predicted octanol–water partition coefficient (Wildman–Crippen LogP) is 4.65. The number of cyclic esters (lactones) is 1. The molecule has 2 aromatic heterocycles. The maximum atomic E-state index is 12.9. The standard InChI is InChI=1S/C25H21ClN8O3.C4H8O2/c26-17-9-10-22(34-15-28-32-33-34)16(13-17)8-11-23(35)29-20-7-3-4-12-37-25(36)31-19-6-2-1-5-18(19)21-14-27-24(20)30-21;1-3-4(5)6-2/h1-6,8-11,13-15,20H,7,12H2,(H,27,30)(H,29,35)(H,31,36);3H2,1-2H3/b4-3+,11-8+;/t20-;/m0./s1. The quantitative estimate of drug-likeness (QED) is 0.167. The lowest BCUT2D eigenvalue weighted by Gasteiger charge is -2.14. The zero-order valence-electron chi connectivity index (χ0n) is 23.4. The van der Waals surface area contributed by atoms with E-state index in [1.54, 1.807) is 49.5 Å². The molecule has 5 rings (SSSR count). The number of halogens is 1. The Balaban J connectivity index is 0.000000641. The number of nitrogens with one attached hydrogen (secondary N) is 3. The van der Waals surface area contributed by atoms with Crippen molar-refractivity contribution in [2.45, 2.75) is 25.8 Å². The molecule has 13 nitrogen and oxygen atoms in total. The van der Waals surface area contributed by atoms with Crippen LogP contribution in [0.4, 0.5) is 10.5 Å². The molecule has 0 saturated carbocycles. The molecule has 2 aromatic carbocycles. The smallest absolute Gasteiger partial charge is 0.411 e. The molecular formula is C29H29ClN8O5. The summed E-state index contributed by atoms with van der Waals surface area (Å²) in [6, 6.07) is 12.0. The molecule has 43 heavy (non-hydrogen) atoms. The van der Waals surface area contributed by atoms with Crippen molar-refractivity contribution in [3.63, 3.8) is 0 Å². The third-order valence-electron chi connectivity index (χ3n) is 6.06. The predicted molar refractivity (Wildman–Crippen MR) is 159 cm³/mol. The number of H-pyrrole nitrogens is 1. The number of para-hydroxylation sites is 1. The minimum absolute atomic E-state index is 0.0891. The van der Waals surface area contributed by atoms with Gasteiger partial charge >= 0.3 is 12.1 Å². The number of aromatic nitrogens is 6. The van der Waals surface area contributed by atoms with Crippen LogP contribution in [0.1, 0.15) is 37.2 Å². The van der Waals surface area contributed by atoms with E-state index in [1.165, 1.54) is 24.2 Å². The number of hydrogen-bond donors (Lipinski definition) is 3. The average Bonchev–Trinajstić information content (AvgIpc) is 3.73. The number of methoxy groups -OCH3 is 1. The maximum absolute atomic E-state index is 12.9. The van der Waals surface area contributed by atoms with Crippen LogP contribution in [0.15, 0.2) is 73.2 Å². The highest BCUT2D eigenvalue weighted by Crippen LogP contribution is 2.28. The number of amides is 2. The Kier molecular flexibility index (Phi) is 10.7. The Morgan fingerprint density at radius 2 is 2.07 bits per heavy atom. The van der Waals surface area contributed by atoms with Crippen molar-refractivity contribution in [3.05, 3.63) is 89.6 Å². The minimum Gasteiger partial charge on any atom is -0.469 e. The van der Waals surface area contributed by atoms with Crippen molar-refractivity contribution in [1.82, 2.24) is 35.5 Å². The summed E-state index contributed by atoms with van der Waals surface area (Å²) < 4.78 is 11.0. The Morgan fingerprint density at radius 1 is 1.23 bits per heavy atom. The van der Waals surface area contributed by atoms with Crippen LogP contribution in [-0.4, -0.2) is 61.9 Å². The van der Waals surface area contributed by atoms with Gasteiger partial charge < -0.3 is 19.8 Å². The first-order valence-corrected chi connectivity index (χ1v) is 13.6. The summed E-state index contributed by atoms with van der Waals surface area (Å²) >= 11 is 6.17. The highest BCUT2D eigenvalue weighted by Gasteiger charge is 2.18. The number of carbonyl (C=O) groups excluding carboxylic acids is 3. The molecule has 0 spiro atoms. The van der Waals surface area contributed by atoms with E-state index in [0.29, 0.717) is 46.3 Å². The molecule has 0 radical (unpaired) electrons. The summed E-state index contributed by atoms with van der Waals surface area (Å²) in [7, 11) is 1.38. The summed E-state index contributed by atoms with van der Waals surface area (Å²) in [5.74, 6) is 0.0756. The molecule has 222 valence electrons. The van der Waals surface area contributed by atoms with E-state index in [9.17, 15) is 14.4 Å². The summed E-state index contributed by atoms with van der Waals surface area (Å²) in [5, 5.41) is 17.5. The summed E-state index contributed by atoms with van der Waals surface area (Å²) in [5.41, 5.74) is 3.34. The van der Waals surface area contributed by atoms with Crippen LogP contribution in [0.3, 0.4) is 0 Å². The molecule has 1 aliphatic heterocycles. The van der Waals surface area contributed by atoms with Crippen LogP contribution < -0.4 is 10.6 Å². The third-order valence-corrected chi connectivity index (χ3v) is 6.30. The summed E-state index contributed by atoms with van der Waals surface area (Å²) in [6.45, 7) is 1.84. The number of ether oxygens (including phenoxy) is 2. The monoisotopic (exact) mass is 604 g/mol. The Labute approximate surface area is 251 Å². The molecule has 2 amide bonds. The maximum Gasteiger partial charge on any atom is 0.411 e. The molecule has 4 aromatic rings. The lowest BCUT2D eigenvalue weighted by molar-refractivity contribution is -0.140. The second kappa shape index (κ2) is 15.1. The first-order chi connectivity index (χ1) is 20.9. The zero-order chi connectivity index (χ0) is 30.6. The molecule has 2 bridgehead atoms. The lowest BCUT2D eigenvalue weighted by Crippen LogP contribution is -2.27. The van der Waals surface area contributed by atoms with Gasteiger partial charge in [0.05, 0.1) is 36.4 Å². The third kappa shape index (κ3) is 8.60. The molecule has 0 saturated heterocycles. The van der Waals surface area contributed by atoms with Gasteiger partial charge in [0, 0.05) is 28.6 Å². The number of fused-ring (bicyclic) bond motifs is 4. The molecule has 14 heteroatoms. The van der Waals surface area contributed by atoms with E-state index < -0.39 is 12.1 Å². The van der Waals surface area contributed by atoms with Gasteiger partial charge in [0.25, 0.3) is 0 Å². The number of hydrogen-bond acceptors (Lipinski definition) is 9.